The van der Waals surface area contributed by atoms with Gasteiger partial charge in [-0.3, -0.25) is 0 Å². The van der Waals surface area contributed by atoms with Crippen LogP contribution in [0.5, 0.6) is 0 Å². The van der Waals surface area contributed by atoms with Crippen LogP contribution >= 0.6 is 0 Å². The SMILES string of the molecule is Cc1ccccc1CCNCC(C)(C)CO. The molecule has 2 nitrogen and oxygen atoms in total. The Morgan fingerprint density at radius 2 is 1.94 bits per heavy atom. The highest BCUT2D eigenvalue weighted by Gasteiger charge is 2.15. The summed E-state index contributed by atoms with van der Waals surface area (Å²) in [4.78, 5) is 0. The molecule has 0 aliphatic heterocycles. The molecule has 0 unspecified atom stereocenters. The van der Waals surface area contributed by atoms with Crippen molar-refractivity contribution in [1.29, 1.82) is 0 Å². The van der Waals surface area contributed by atoms with Crippen LogP contribution in [0.1, 0.15) is 25.0 Å². The van der Waals surface area contributed by atoms with Gasteiger partial charge in [0.05, 0.1) is 0 Å². The van der Waals surface area contributed by atoms with Gasteiger partial charge in [0.15, 0.2) is 0 Å². The Labute approximate surface area is 98.7 Å². The number of hydrogen-bond acceptors (Lipinski definition) is 2. The summed E-state index contributed by atoms with van der Waals surface area (Å²) in [5, 5.41) is 12.5. The highest BCUT2D eigenvalue weighted by atomic mass is 16.3. The third-order valence-corrected chi connectivity index (χ3v) is 2.86. The molecule has 0 aliphatic rings. The van der Waals surface area contributed by atoms with Crippen LogP contribution in [0.25, 0.3) is 0 Å². The minimum atomic E-state index is -0.0221. The average molecular weight is 221 g/mol. The molecule has 2 heteroatoms. The molecule has 0 atom stereocenters. The van der Waals surface area contributed by atoms with Gasteiger partial charge in [0, 0.05) is 18.6 Å². The fourth-order valence-electron chi connectivity index (χ4n) is 1.60. The monoisotopic (exact) mass is 221 g/mol. The van der Waals surface area contributed by atoms with Crippen molar-refractivity contribution in [3.05, 3.63) is 35.4 Å². The lowest BCUT2D eigenvalue weighted by Gasteiger charge is -2.22. The lowest BCUT2D eigenvalue weighted by Crippen LogP contribution is -2.33. The molecule has 1 aromatic rings. The molecule has 90 valence electrons. The summed E-state index contributed by atoms with van der Waals surface area (Å²) in [6.07, 6.45) is 1.05. The zero-order valence-corrected chi connectivity index (χ0v) is 10.6. The lowest BCUT2D eigenvalue weighted by molar-refractivity contribution is 0.157. The summed E-state index contributed by atoms with van der Waals surface area (Å²) in [5.41, 5.74) is 2.73. The zero-order valence-electron chi connectivity index (χ0n) is 10.6. The second-order valence-corrected chi connectivity index (χ2v) is 5.18. The van der Waals surface area contributed by atoms with Crippen molar-refractivity contribution in [2.75, 3.05) is 19.7 Å². The van der Waals surface area contributed by atoms with Gasteiger partial charge in [-0.2, -0.15) is 0 Å². The van der Waals surface area contributed by atoms with E-state index in [2.05, 4.69) is 50.4 Å². The summed E-state index contributed by atoms with van der Waals surface area (Å²) in [6, 6.07) is 8.47. The summed E-state index contributed by atoms with van der Waals surface area (Å²) in [6.45, 7) is 8.32. The molecular formula is C14H23NO. The fraction of sp³-hybridized carbons (Fsp3) is 0.571. The zero-order chi connectivity index (χ0) is 12.0. The third-order valence-electron chi connectivity index (χ3n) is 2.86. The molecule has 0 amide bonds. The molecular weight excluding hydrogens is 198 g/mol. The second-order valence-electron chi connectivity index (χ2n) is 5.18. The van der Waals surface area contributed by atoms with E-state index in [0.717, 1.165) is 19.5 Å². The predicted molar refractivity (Wildman–Crippen MR) is 68.6 cm³/mol. The smallest absolute Gasteiger partial charge is 0.0494 e. The molecule has 0 aliphatic carbocycles. The molecule has 1 aromatic carbocycles. The molecule has 0 radical (unpaired) electrons. The molecule has 16 heavy (non-hydrogen) atoms. The van der Waals surface area contributed by atoms with Gasteiger partial charge < -0.3 is 10.4 Å². The average Bonchev–Trinajstić information content (AvgIpc) is 2.27. The van der Waals surface area contributed by atoms with Gasteiger partial charge >= 0.3 is 0 Å². The first-order chi connectivity index (χ1) is 7.55. The molecule has 0 spiro atoms. The van der Waals surface area contributed by atoms with Gasteiger partial charge in [-0.25, -0.2) is 0 Å². The van der Waals surface area contributed by atoms with Crippen LogP contribution in [-0.4, -0.2) is 24.8 Å². The molecule has 0 heterocycles. The van der Waals surface area contributed by atoms with E-state index in [1.165, 1.54) is 11.1 Å². The second kappa shape index (κ2) is 6.02. The van der Waals surface area contributed by atoms with Gasteiger partial charge in [0.2, 0.25) is 0 Å². The van der Waals surface area contributed by atoms with Crippen LogP contribution in [0.3, 0.4) is 0 Å². The molecule has 0 aromatic heterocycles. The van der Waals surface area contributed by atoms with E-state index in [1.54, 1.807) is 0 Å². The quantitative estimate of drug-likeness (QED) is 0.721. The van der Waals surface area contributed by atoms with Crippen molar-refractivity contribution >= 4 is 0 Å². The van der Waals surface area contributed by atoms with Crippen LogP contribution in [0.2, 0.25) is 0 Å². The van der Waals surface area contributed by atoms with Crippen molar-refractivity contribution in [2.45, 2.75) is 27.2 Å². The fourth-order valence-corrected chi connectivity index (χ4v) is 1.60. The van der Waals surface area contributed by atoms with Crippen molar-refractivity contribution in [2.24, 2.45) is 5.41 Å². The van der Waals surface area contributed by atoms with E-state index in [4.69, 9.17) is 5.11 Å². The van der Waals surface area contributed by atoms with Crippen molar-refractivity contribution in [3.63, 3.8) is 0 Å². The molecule has 0 fully saturated rings. The lowest BCUT2D eigenvalue weighted by atomic mass is 9.95. The van der Waals surface area contributed by atoms with E-state index in [-0.39, 0.29) is 12.0 Å². The Balaban J connectivity index is 2.29. The standard InChI is InChI=1S/C14H23NO/c1-12-6-4-5-7-13(12)8-9-15-10-14(2,3)11-16/h4-7,15-16H,8-11H2,1-3H3. The molecule has 1 rings (SSSR count). The summed E-state index contributed by atoms with van der Waals surface area (Å²) >= 11 is 0. The van der Waals surface area contributed by atoms with E-state index in [9.17, 15) is 0 Å². The number of benzene rings is 1. The number of aliphatic hydroxyl groups excluding tert-OH is 1. The molecule has 0 saturated heterocycles. The van der Waals surface area contributed by atoms with Crippen molar-refractivity contribution in [1.82, 2.24) is 5.32 Å². The largest absolute Gasteiger partial charge is 0.396 e. The first kappa shape index (κ1) is 13.2. The summed E-state index contributed by atoms with van der Waals surface area (Å²) in [5.74, 6) is 0. The Morgan fingerprint density at radius 3 is 2.56 bits per heavy atom. The van der Waals surface area contributed by atoms with E-state index < -0.39 is 0 Å². The van der Waals surface area contributed by atoms with Crippen LogP contribution in [0, 0.1) is 12.3 Å². The number of aryl methyl sites for hydroxylation is 1. The Hall–Kier alpha value is -0.860. The normalized spacial score (nSPS) is 11.8. The first-order valence-electron chi connectivity index (χ1n) is 5.91. The van der Waals surface area contributed by atoms with Gasteiger partial charge in [-0.15, -0.1) is 0 Å². The highest BCUT2D eigenvalue weighted by Crippen LogP contribution is 2.11. The minimum Gasteiger partial charge on any atom is -0.396 e. The maximum absolute atomic E-state index is 9.11. The van der Waals surface area contributed by atoms with Crippen LogP contribution in [0.4, 0.5) is 0 Å². The topological polar surface area (TPSA) is 32.3 Å². The van der Waals surface area contributed by atoms with Gasteiger partial charge in [-0.1, -0.05) is 38.1 Å². The van der Waals surface area contributed by atoms with Crippen molar-refractivity contribution < 1.29 is 5.11 Å². The molecule has 2 N–H and O–H groups in total. The number of rotatable bonds is 6. The predicted octanol–water partition coefficient (Wildman–Crippen LogP) is 2.15. The van der Waals surface area contributed by atoms with Gasteiger partial charge in [0.1, 0.15) is 0 Å². The number of hydrogen-bond donors (Lipinski definition) is 2. The van der Waals surface area contributed by atoms with E-state index in [1.807, 2.05) is 0 Å². The summed E-state index contributed by atoms with van der Waals surface area (Å²) < 4.78 is 0. The molecule has 0 bridgehead atoms. The number of nitrogens with one attached hydrogen (secondary N) is 1. The highest BCUT2D eigenvalue weighted by molar-refractivity contribution is 5.25. The maximum Gasteiger partial charge on any atom is 0.0494 e. The van der Waals surface area contributed by atoms with Crippen LogP contribution in [0.15, 0.2) is 24.3 Å². The van der Waals surface area contributed by atoms with Crippen LogP contribution in [-0.2, 0) is 6.42 Å². The van der Waals surface area contributed by atoms with Gasteiger partial charge in [-0.05, 0) is 31.0 Å². The van der Waals surface area contributed by atoms with Crippen LogP contribution < -0.4 is 5.32 Å². The van der Waals surface area contributed by atoms with E-state index >= 15 is 0 Å². The first-order valence-corrected chi connectivity index (χ1v) is 5.91. The molecule has 0 saturated carbocycles. The Kier molecular flexibility index (Phi) is 4.97. The maximum atomic E-state index is 9.11. The third kappa shape index (κ3) is 4.33. The Morgan fingerprint density at radius 1 is 1.25 bits per heavy atom. The summed E-state index contributed by atoms with van der Waals surface area (Å²) in [7, 11) is 0. The van der Waals surface area contributed by atoms with Gasteiger partial charge in [0.25, 0.3) is 0 Å². The number of aliphatic hydroxyl groups is 1. The Bertz CT molecular complexity index is 320. The minimum absolute atomic E-state index is 0.0221. The van der Waals surface area contributed by atoms with Crippen molar-refractivity contribution in [3.8, 4) is 0 Å². The van der Waals surface area contributed by atoms with E-state index in [0.29, 0.717) is 0 Å².